The zero-order valence-corrected chi connectivity index (χ0v) is 15.2. The van der Waals surface area contributed by atoms with Crippen LogP contribution in [0.5, 0.6) is 5.75 Å². The molecular formula is C16H13Cl2N3O2S. The summed E-state index contributed by atoms with van der Waals surface area (Å²) in [5.74, 6) is 0.0959. The Morgan fingerprint density at radius 1 is 1.25 bits per heavy atom. The number of carbonyl (C=O) groups is 1. The number of nitrogens with one attached hydrogen (secondary N) is 1. The Hall–Kier alpha value is -1.89. The Balaban J connectivity index is 1.78. The lowest BCUT2D eigenvalue weighted by Crippen LogP contribution is -2.30. The van der Waals surface area contributed by atoms with E-state index in [-0.39, 0.29) is 5.91 Å². The maximum absolute atomic E-state index is 12.5. The van der Waals surface area contributed by atoms with Gasteiger partial charge in [0.25, 0.3) is 5.91 Å². The fraction of sp³-hybridized carbons (Fsp3) is 0.188. The molecule has 0 bridgehead atoms. The number of hydrogen-bond acceptors (Lipinski definition) is 5. The van der Waals surface area contributed by atoms with E-state index in [1.807, 2.05) is 19.1 Å². The summed E-state index contributed by atoms with van der Waals surface area (Å²) in [6, 6.07) is 8.61. The van der Waals surface area contributed by atoms with Crippen LogP contribution in [0.1, 0.15) is 12.5 Å². The minimum atomic E-state index is -0.745. The number of benzene rings is 2. The first-order chi connectivity index (χ1) is 11.5. The molecule has 0 saturated heterocycles. The average molecular weight is 382 g/mol. The van der Waals surface area contributed by atoms with Crippen LogP contribution in [0.2, 0.25) is 10.0 Å². The number of fused-ring (bicyclic) bond motifs is 1. The molecule has 1 atom stereocenters. The zero-order chi connectivity index (χ0) is 17.3. The summed E-state index contributed by atoms with van der Waals surface area (Å²) in [6.07, 6.45) is -0.745. The number of hydrogen-bond donors (Lipinski definition) is 1. The van der Waals surface area contributed by atoms with Crippen LogP contribution in [-0.2, 0) is 4.79 Å². The molecular weight excluding hydrogens is 369 g/mol. The van der Waals surface area contributed by atoms with Crippen LogP contribution < -0.4 is 10.1 Å². The SMILES string of the molecule is Cc1ccc2nsnc2c1NC(=O)C(C)Oc1ccc(Cl)cc1Cl. The van der Waals surface area contributed by atoms with Crippen molar-refractivity contribution in [1.82, 2.24) is 8.75 Å². The first-order valence-electron chi connectivity index (χ1n) is 7.10. The van der Waals surface area contributed by atoms with Gasteiger partial charge in [-0.15, -0.1) is 0 Å². The summed E-state index contributed by atoms with van der Waals surface area (Å²) in [4.78, 5) is 12.5. The Bertz CT molecular complexity index is 913. The molecule has 3 rings (SSSR count). The van der Waals surface area contributed by atoms with Crippen LogP contribution in [0, 0.1) is 6.92 Å². The Morgan fingerprint density at radius 2 is 2.04 bits per heavy atom. The predicted molar refractivity (Wildman–Crippen MR) is 97.3 cm³/mol. The lowest BCUT2D eigenvalue weighted by Gasteiger charge is -2.16. The van der Waals surface area contributed by atoms with Crippen LogP contribution in [-0.4, -0.2) is 20.8 Å². The largest absolute Gasteiger partial charge is 0.479 e. The molecule has 0 saturated carbocycles. The fourth-order valence-corrected chi connectivity index (χ4v) is 3.15. The van der Waals surface area contributed by atoms with E-state index >= 15 is 0 Å². The van der Waals surface area contributed by atoms with Gasteiger partial charge < -0.3 is 10.1 Å². The molecule has 0 spiro atoms. The van der Waals surface area contributed by atoms with Crippen molar-refractivity contribution in [3.63, 3.8) is 0 Å². The standard InChI is InChI=1S/C16H13Cl2N3O2S/c1-8-3-5-12-15(21-24-20-12)14(8)19-16(22)9(2)23-13-6-4-10(17)7-11(13)18/h3-7,9H,1-2H3,(H,19,22). The minimum absolute atomic E-state index is 0.301. The molecule has 1 unspecified atom stereocenters. The number of halogens is 2. The van der Waals surface area contributed by atoms with Crippen molar-refractivity contribution in [2.24, 2.45) is 0 Å². The van der Waals surface area contributed by atoms with Gasteiger partial charge >= 0.3 is 0 Å². The van der Waals surface area contributed by atoms with E-state index in [2.05, 4.69) is 14.1 Å². The number of carbonyl (C=O) groups excluding carboxylic acids is 1. The summed E-state index contributed by atoms with van der Waals surface area (Å²) < 4.78 is 14.0. The van der Waals surface area contributed by atoms with E-state index in [4.69, 9.17) is 27.9 Å². The van der Waals surface area contributed by atoms with Gasteiger partial charge in [-0.2, -0.15) is 8.75 Å². The first-order valence-corrected chi connectivity index (χ1v) is 8.59. The molecule has 0 aliphatic heterocycles. The van der Waals surface area contributed by atoms with Crippen molar-refractivity contribution in [3.05, 3.63) is 45.9 Å². The number of aryl methyl sites for hydroxylation is 1. The Labute approximate surface area is 152 Å². The third-order valence-electron chi connectivity index (χ3n) is 3.45. The Kier molecular flexibility index (Phi) is 4.89. The van der Waals surface area contributed by atoms with Crippen LogP contribution in [0.15, 0.2) is 30.3 Å². The minimum Gasteiger partial charge on any atom is -0.479 e. The molecule has 8 heteroatoms. The summed E-state index contributed by atoms with van der Waals surface area (Å²) in [6.45, 7) is 3.55. The maximum Gasteiger partial charge on any atom is 0.265 e. The van der Waals surface area contributed by atoms with Crippen molar-refractivity contribution < 1.29 is 9.53 Å². The van der Waals surface area contributed by atoms with Crippen LogP contribution in [0.25, 0.3) is 11.0 Å². The van der Waals surface area contributed by atoms with Crippen LogP contribution in [0.4, 0.5) is 5.69 Å². The number of rotatable bonds is 4. The number of anilines is 1. The van der Waals surface area contributed by atoms with Crippen molar-refractivity contribution in [3.8, 4) is 5.75 Å². The van der Waals surface area contributed by atoms with E-state index < -0.39 is 6.10 Å². The predicted octanol–water partition coefficient (Wildman–Crippen LogP) is 4.71. The third-order valence-corrected chi connectivity index (χ3v) is 4.52. The summed E-state index contributed by atoms with van der Waals surface area (Å²) in [5, 5.41) is 3.71. The van der Waals surface area contributed by atoms with Gasteiger partial charge in [-0.1, -0.05) is 29.3 Å². The van der Waals surface area contributed by atoms with Crippen molar-refractivity contribution in [2.45, 2.75) is 20.0 Å². The van der Waals surface area contributed by atoms with Crippen molar-refractivity contribution in [1.29, 1.82) is 0 Å². The number of aromatic nitrogens is 2. The molecule has 0 radical (unpaired) electrons. The smallest absolute Gasteiger partial charge is 0.265 e. The lowest BCUT2D eigenvalue weighted by atomic mass is 10.1. The summed E-state index contributed by atoms with van der Waals surface area (Å²) in [7, 11) is 0. The van der Waals surface area contributed by atoms with E-state index in [1.165, 1.54) is 0 Å². The maximum atomic E-state index is 12.5. The van der Waals surface area contributed by atoms with Gasteiger partial charge in [0, 0.05) is 5.02 Å². The monoisotopic (exact) mass is 381 g/mol. The zero-order valence-electron chi connectivity index (χ0n) is 12.8. The summed E-state index contributed by atoms with van der Waals surface area (Å²) in [5.41, 5.74) is 2.96. The molecule has 0 aliphatic rings. The lowest BCUT2D eigenvalue weighted by molar-refractivity contribution is -0.122. The van der Waals surface area contributed by atoms with E-state index in [9.17, 15) is 4.79 Å². The van der Waals surface area contributed by atoms with Gasteiger partial charge in [0.15, 0.2) is 6.10 Å². The van der Waals surface area contributed by atoms with Gasteiger partial charge in [-0.25, -0.2) is 0 Å². The second-order valence-electron chi connectivity index (χ2n) is 5.21. The molecule has 3 aromatic rings. The van der Waals surface area contributed by atoms with E-state index in [0.717, 1.165) is 22.8 Å². The second kappa shape index (κ2) is 6.93. The molecule has 0 fully saturated rings. The molecule has 2 aromatic carbocycles. The third kappa shape index (κ3) is 3.45. The number of nitrogens with zero attached hydrogens (tertiary/aromatic N) is 2. The highest BCUT2D eigenvalue weighted by Crippen LogP contribution is 2.29. The molecule has 1 aromatic heterocycles. The Morgan fingerprint density at radius 3 is 2.79 bits per heavy atom. The normalized spacial score (nSPS) is 12.2. The molecule has 24 heavy (non-hydrogen) atoms. The summed E-state index contributed by atoms with van der Waals surface area (Å²) >= 11 is 13.0. The van der Waals surface area contributed by atoms with Gasteiger partial charge in [0.05, 0.1) is 22.4 Å². The van der Waals surface area contributed by atoms with E-state index in [1.54, 1.807) is 25.1 Å². The molecule has 1 heterocycles. The van der Waals surface area contributed by atoms with E-state index in [0.29, 0.717) is 27.0 Å². The molecule has 0 aliphatic carbocycles. The van der Waals surface area contributed by atoms with Gasteiger partial charge in [0.1, 0.15) is 16.8 Å². The first kappa shape index (κ1) is 17.0. The molecule has 1 amide bonds. The molecule has 1 N–H and O–H groups in total. The van der Waals surface area contributed by atoms with Gasteiger partial charge in [-0.05, 0) is 43.7 Å². The van der Waals surface area contributed by atoms with Crippen molar-refractivity contribution >= 4 is 57.6 Å². The van der Waals surface area contributed by atoms with Crippen LogP contribution in [0.3, 0.4) is 0 Å². The van der Waals surface area contributed by atoms with Crippen LogP contribution >= 0.6 is 34.9 Å². The molecule has 124 valence electrons. The van der Waals surface area contributed by atoms with Gasteiger partial charge in [-0.3, -0.25) is 4.79 Å². The quantitative estimate of drug-likeness (QED) is 0.710. The highest BCUT2D eigenvalue weighted by atomic mass is 35.5. The fourth-order valence-electron chi connectivity index (χ4n) is 2.15. The number of ether oxygens (including phenoxy) is 1. The highest BCUT2D eigenvalue weighted by Gasteiger charge is 2.19. The highest BCUT2D eigenvalue weighted by molar-refractivity contribution is 7.00. The van der Waals surface area contributed by atoms with Crippen molar-refractivity contribution in [2.75, 3.05) is 5.32 Å². The second-order valence-corrected chi connectivity index (χ2v) is 6.59. The van der Waals surface area contributed by atoms with Gasteiger partial charge in [0.2, 0.25) is 0 Å². The topological polar surface area (TPSA) is 64.1 Å². The average Bonchev–Trinajstić information content (AvgIpc) is 3.01. The number of amides is 1. The molecule has 5 nitrogen and oxygen atoms in total.